The van der Waals surface area contributed by atoms with Crippen LogP contribution in [0.15, 0.2) is 36.4 Å². The van der Waals surface area contributed by atoms with Gasteiger partial charge in [-0.05, 0) is 32.3 Å². The first-order chi connectivity index (χ1) is 13.1. The largest absolute Gasteiger partial charge is 0.450 e. The fraction of sp³-hybridized carbons (Fsp3) is 0.450. The normalized spacial score (nSPS) is 14.7. The number of ether oxygens (including phenoxy) is 1. The molecule has 0 radical (unpaired) electrons. The second-order valence-corrected chi connectivity index (χ2v) is 6.66. The summed E-state index contributed by atoms with van der Waals surface area (Å²) in [6.45, 7) is 6.27. The summed E-state index contributed by atoms with van der Waals surface area (Å²) < 4.78 is 5.07. The van der Waals surface area contributed by atoms with E-state index in [4.69, 9.17) is 4.74 Å². The van der Waals surface area contributed by atoms with E-state index in [0.29, 0.717) is 32.2 Å². The first-order valence-corrected chi connectivity index (χ1v) is 9.45. The molecule has 3 rings (SSSR count). The fourth-order valence-electron chi connectivity index (χ4n) is 3.13. The van der Waals surface area contributed by atoms with Crippen LogP contribution in [0.25, 0.3) is 0 Å². The number of likely N-dealkylation sites (tertiary alicyclic amines) is 1. The van der Waals surface area contributed by atoms with Gasteiger partial charge in [-0.15, -0.1) is 0 Å². The lowest BCUT2D eigenvalue weighted by atomic mass is 10.1. The third kappa shape index (κ3) is 5.57. The molecule has 1 aromatic carbocycles. The number of rotatable bonds is 6. The third-order valence-electron chi connectivity index (χ3n) is 4.52. The number of hydrogen-bond acceptors (Lipinski definition) is 6. The van der Waals surface area contributed by atoms with Gasteiger partial charge < -0.3 is 20.3 Å². The molecular weight excluding hydrogens is 342 g/mol. The van der Waals surface area contributed by atoms with Crippen LogP contribution in [-0.4, -0.2) is 46.7 Å². The van der Waals surface area contributed by atoms with Crippen LogP contribution in [-0.2, 0) is 11.3 Å². The lowest BCUT2D eigenvalue weighted by Crippen LogP contribution is -2.42. The molecule has 2 aromatic rings. The van der Waals surface area contributed by atoms with E-state index in [1.165, 1.54) is 5.56 Å². The number of carbonyl (C=O) groups excluding carboxylic acids is 1. The van der Waals surface area contributed by atoms with E-state index < -0.39 is 0 Å². The molecule has 1 aliphatic heterocycles. The molecule has 7 nitrogen and oxygen atoms in total. The van der Waals surface area contributed by atoms with Gasteiger partial charge in [0.2, 0.25) is 5.95 Å². The van der Waals surface area contributed by atoms with E-state index in [0.717, 1.165) is 24.4 Å². The Bertz CT molecular complexity index is 745. The van der Waals surface area contributed by atoms with Gasteiger partial charge in [0.05, 0.1) is 6.61 Å². The molecule has 0 unspecified atom stereocenters. The molecule has 1 saturated heterocycles. The van der Waals surface area contributed by atoms with E-state index in [1.807, 2.05) is 38.1 Å². The van der Waals surface area contributed by atoms with Crippen molar-refractivity contribution in [3.63, 3.8) is 0 Å². The standard InChI is InChI=1S/C20H27N5O2/c1-3-27-20(26)25-11-9-17(10-12-25)23-18-13-15(2)22-19(24-18)21-14-16-7-5-4-6-8-16/h4-8,13,17H,3,9-12,14H2,1-2H3,(H2,21,22,23,24). The van der Waals surface area contributed by atoms with Gasteiger partial charge in [-0.3, -0.25) is 0 Å². The van der Waals surface area contributed by atoms with Gasteiger partial charge in [-0.2, -0.15) is 4.98 Å². The van der Waals surface area contributed by atoms with Crippen molar-refractivity contribution < 1.29 is 9.53 Å². The predicted octanol–water partition coefficient (Wildman–Crippen LogP) is 3.43. The first-order valence-electron chi connectivity index (χ1n) is 9.45. The minimum Gasteiger partial charge on any atom is -0.450 e. The molecule has 7 heteroatoms. The number of anilines is 2. The zero-order chi connectivity index (χ0) is 19.1. The number of aromatic nitrogens is 2. The zero-order valence-corrected chi connectivity index (χ0v) is 15.9. The Kier molecular flexibility index (Phi) is 6.46. The first kappa shape index (κ1) is 18.9. The summed E-state index contributed by atoms with van der Waals surface area (Å²) in [5.74, 6) is 1.43. The van der Waals surface area contributed by atoms with Gasteiger partial charge in [-0.25, -0.2) is 9.78 Å². The van der Waals surface area contributed by atoms with E-state index >= 15 is 0 Å². The Labute approximate surface area is 160 Å². The Hall–Kier alpha value is -2.83. The van der Waals surface area contributed by atoms with Crippen LogP contribution < -0.4 is 10.6 Å². The number of amides is 1. The maximum Gasteiger partial charge on any atom is 0.409 e. The van der Waals surface area contributed by atoms with Crippen LogP contribution >= 0.6 is 0 Å². The van der Waals surface area contributed by atoms with E-state index in [1.54, 1.807) is 4.90 Å². The molecule has 1 aliphatic rings. The highest BCUT2D eigenvalue weighted by molar-refractivity contribution is 5.67. The van der Waals surface area contributed by atoms with Crippen LogP contribution in [0.2, 0.25) is 0 Å². The molecule has 1 amide bonds. The van der Waals surface area contributed by atoms with E-state index in [-0.39, 0.29) is 12.1 Å². The molecule has 0 bridgehead atoms. The van der Waals surface area contributed by atoms with Crippen molar-refractivity contribution >= 4 is 17.9 Å². The molecule has 0 saturated carbocycles. The van der Waals surface area contributed by atoms with Crippen LogP contribution in [0.4, 0.5) is 16.6 Å². The average Bonchev–Trinajstić information content (AvgIpc) is 2.67. The zero-order valence-electron chi connectivity index (χ0n) is 15.9. The summed E-state index contributed by atoms with van der Waals surface area (Å²) in [7, 11) is 0. The Morgan fingerprint density at radius 3 is 2.67 bits per heavy atom. The van der Waals surface area contributed by atoms with Crippen molar-refractivity contribution in [2.24, 2.45) is 0 Å². The minimum absolute atomic E-state index is 0.221. The molecule has 0 aliphatic carbocycles. The van der Waals surface area contributed by atoms with Gasteiger partial charge >= 0.3 is 6.09 Å². The number of carbonyl (C=O) groups is 1. The monoisotopic (exact) mass is 369 g/mol. The molecule has 144 valence electrons. The third-order valence-corrected chi connectivity index (χ3v) is 4.52. The van der Waals surface area contributed by atoms with Crippen LogP contribution in [0.3, 0.4) is 0 Å². The summed E-state index contributed by atoms with van der Waals surface area (Å²) in [5.41, 5.74) is 2.09. The fourth-order valence-corrected chi connectivity index (χ4v) is 3.13. The number of benzene rings is 1. The molecule has 2 N–H and O–H groups in total. The number of aryl methyl sites for hydroxylation is 1. The van der Waals surface area contributed by atoms with E-state index in [9.17, 15) is 4.79 Å². The van der Waals surface area contributed by atoms with Crippen molar-refractivity contribution in [1.82, 2.24) is 14.9 Å². The van der Waals surface area contributed by atoms with Crippen molar-refractivity contribution in [2.45, 2.75) is 39.3 Å². The second-order valence-electron chi connectivity index (χ2n) is 6.66. The predicted molar refractivity (Wildman–Crippen MR) is 106 cm³/mol. The smallest absolute Gasteiger partial charge is 0.409 e. The number of piperidine rings is 1. The molecule has 1 fully saturated rings. The highest BCUT2D eigenvalue weighted by Gasteiger charge is 2.23. The summed E-state index contributed by atoms with van der Waals surface area (Å²) in [6, 6.07) is 12.4. The molecule has 27 heavy (non-hydrogen) atoms. The summed E-state index contributed by atoms with van der Waals surface area (Å²) in [4.78, 5) is 22.6. The molecule has 0 spiro atoms. The molecule has 2 heterocycles. The highest BCUT2D eigenvalue weighted by Crippen LogP contribution is 2.18. The summed E-state index contributed by atoms with van der Waals surface area (Å²) in [5, 5.41) is 6.77. The highest BCUT2D eigenvalue weighted by atomic mass is 16.6. The van der Waals surface area contributed by atoms with Gasteiger partial charge in [-0.1, -0.05) is 30.3 Å². The Morgan fingerprint density at radius 2 is 1.96 bits per heavy atom. The lowest BCUT2D eigenvalue weighted by Gasteiger charge is -2.31. The molecular formula is C20H27N5O2. The van der Waals surface area contributed by atoms with Crippen molar-refractivity contribution in [1.29, 1.82) is 0 Å². The van der Waals surface area contributed by atoms with Crippen molar-refractivity contribution in [3.05, 3.63) is 47.7 Å². The summed E-state index contributed by atoms with van der Waals surface area (Å²) >= 11 is 0. The topological polar surface area (TPSA) is 79.4 Å². The molecule has 1 aromatic heterocycles. The SMILES string of the molecule is CCOC(=O)N1CCC(Nc2cc(C)nc(NCc3ccccc3)n2)CC1. The van der Waals surface area contributed by atoms with Crippen LogP contribution in [0, 0.1) is 6.92 Å². The second kappa shape index (κ2) is 9.21. The van der Waals surface area contributed by atoms with Crippen molar-refractivity contribution in [3.8, 4) is 0 Å². The number of nitrogens with one attached hydrogen (secondary N) is 2. The molecule has 0 atom stereocenters. The van der Waals surface area contributed by atoms with E-state index in [2.05, 4.69) is 32.7 Å². The van der Waals surface area contributed by atoms with Crippen LogP contribution in [0.5, 0.6) is 0 Å². The minimum atomic E-state index is -0.221. The number of hydrogen-bond donors (Lipinski definition) is 2. The van der Waals surface area contributed by atoms with Gasteiger partial charge in [0.1, 0.15) is 5.82 Å². The van der Waals surface area contributed by atoms with Gasteiger partial charge in [0, 0.05) is 37.4 Å². The summed E-state index contributed by atoms with van der Waals surface area (Å²) in [6.07, 6.45) is 1.52. The van der Waals surface area contributed by atoms with Gasteiger partial charge in [0.15, 0.2) is 0 Å². The van der Waals surface area contributed by atoms with Crippen molar-refractivity contribution in [2.75, 3.05) is 30.3 Å². The lowest BCUT2D eigenvalue weighted by molar-refractivity contribution is 0.0983. The van der Waals surface area contributed by atoms with Gasteiger partial charge in [0.25, 0.3) is 0 Å². The quantitative estimate of drug-likeness (QED) is 0.812. The van der Waals surface area contributed by atoms with Crippen LogP contribution in [0.1, 0.15) is 31.0 Å². The Morgan fingerprint density at radius 1 is 1.22 bits per heavy atom. The average molecular weight is 369 g/mol. The Balaban J connectivity index is 1.54. The maximum atomic E-state index is 11.8. The number of nitrogens with zero attached hydrogens (tertiary/aromatic N) is 3. The maximum absolute atomic E-state index is 11.8.